The van der Waals surface area contributed by atoms with Gasteiger partial charge in [-0.15, -0.1) is 0 Å². The summed E-state index contributed by atoms with van der Waals surface area (Å²) in [6.45, 7) is 3.36. The Kier molecular flexibility index (Phi) is 3.96. The number of aryl methyl sites for hydroxylation is 1. The predicted octanol–water partition coefficient (Wildman–Crippen LogP) is 1.52. The lowest BCUT2D eigenvalue weighted by molar-refractivity contribution is -0.385. The minimum atomic E-state index is -0.410. The quantitative estimate of drug-likeness (QED) is 0.643. The third-order valence-electron chi connectivity index (χ3n) is 3.36. The molecule has 1 aromatic rings. The van der Waals surface area contributed by atoms with Crippen LogP contribution >= 0.6 is 0 Å². The normalized spacial score (nSPS) is 22.4. The Balaban J connectivity index is 2.07. The average Bonchev–Trinajstić information content (AvgIpc) is 2.87. The molecule has 7 heteroatoms. The van der Waals surface area contributed by atoms with Crippen molar-refractivity contribution < 1.29 is 14.4 Å². The number of pyridine rings is 1. The molecule has 0 bridgehead atoms. The van der Waals surface area contributed by atoms with E-state index in [1.807, 2.05) is 0 Å². The van der Waals surface area contributed by atoms with E-state index < -0.39 is 4.92 Å². The van der Waals surface area contributed by atoms with Crippen molar-refractivity contribution in [3.05, 3.63) is 27.9 Å². The molecule has 0 spiro atoms. The van der Waals surface area contributed by atoms with E-state index in [2.05, 4.69) is 10.3 Å². The number of nitro groups is 1. The zero-order valence-electron chi connectivity index (χ0n) is 11.0. The Hall–Kier alpha value is -1.73. The van der Waals surface area contributed by atoms with Crippen molar-refractivity contribution in [1.29, 1.82) is 0 Å². The molecular formula is C12H17N3O4. The highest BCUT2D eigenvalue weighted by molar-refractivity contribution is 5.49. The smallest absolute Gasteiger partial charge is 0.277 e. The Bertz CT molecular complexity index is 472. The molecule has 1 fully saturated rings. The third-order valence-corrected chi connectivity index (χ3v) is 3.36. The summed E-state index contributed by atoms with van der Waals surface area (Å²) < 4.78 is 10.8. The van der Waals surface area contributed by atoms with Crippen LogP contribution in [-0.4, -0.2) is 42.4 Å². The molecule has 1 N–H and O–H groups in total. The molecule has 2 heterocycles. The van der Waals surface area contributed by atoms with Gasteiger partial charge in [0, 0.05) is 38.4 Å². The third kappa shape index (κ3) is 2.99. The van der Waals surface area contributed by atoms with Crippen LogP contribution < -0.4 is 5.32 Å². The Labute approximate surface area is 111 Å². The molecule has 0 amide bonds. The molecule has 1 aliphatic heterocycles. The Morgan fingerprint density at radius 3 is 3.05 bits per heavy atom. The second-order valence-corrected chi connectivity index (χ2v) is 4.66. The van der Waals surface area contributed by atoms with Gasteiger partial charge in [0.05, 0.1) is 17.6 Å². The zero-order valence-corrected chi connectivity index (χ0v) is 11.0. The number of anilines is 1. The molecule has 0 aromatic carbocycles. The Morgan fingerprint density at radius 1 is 1.68 bits per heavy atom. The van der Waals surface area contributed by atoms with Gasteiger partial charge in [0.15, 0.2) is 0 Å². The molecule has 19 heavy (non-hydrogen) atoms. The SMILES string of the molecule is COC1(CNc2cc([N+](=O)[O-])c(C)cn2)CCOC1. The summed E-state index contributed by atoms with van der Waals surface area (Å²) in [7, 11) is 1.64. The van der Waals surface area contributed by atoms with Crippen LogP contribution in [0, 0.1) is 17.0 Å². The lowest BCUT2D eigenvalue weighted by Gasteiger charge is -2.26. The molecule has 0 saturated carbocycles. The summed E-state index contributed by atoms with van der Waals surface area (Å²) in [5.74, 6) is 0.473. The summed E-state index contributed by atoms with van der Waals surface area (Å²) in [6, 6.07) is 1.44. The number of rotatable bonds is 5. The molecule has 1 atom stereocenters. The maximum Gasteiger partial charge on any atom is 0.277 e. The fraction of sp³-hybridized carbons (Fsp3) is 0.583. The molecule has 1 aliphatic rings. The first kappa shape index (κ1) is 13.7. The first-order valence-electron chi connectivity index (χ1n) is 6.04. The maximum absolute atomic E-state index is 10.9. The summed E-state index contributed by atoms with van der Waals surface area (Å²) in [5.41, 5.74) is 0.231. The summed E-state index contributed by atoms with van der Waals surface area (Å²) in [6.07, 6.45) is 2.29. The van der Waals surface area contributed by atoms with Gasteiger partial charge in [-0.25, -0.2) is 4.98 Å². The van der Waals surface area contributed by atoms with Crippen LogP contribution in [-0.2, 0) is 9.47 Å². The number of hydrogen-bond donors (Lipinski definition) is 1. The number of hydrogen-bond acceptors (Lipinski definition) is 6. The fourth-order valence-corrected chi connectivity index (χ4v) is 2.02. The number of nitrogens with zero attached hydrogens (tertiary/aromatic N) is 2. The fourth-order valence-electron chi connectivity index (χ4n) is 2.02. The van der Waals surface area contributed by atoms with Gasteiger partial charge in [0.25, 0.3) is 5.69 Å². The minimum absolute atomic E-state index is 0.0617. The second kappa shape index (κ2) is 5.50. The number of aromatic nitrogens is 1. The van der Waals surface area contributed by atoms with Crippen molar-refractivity contribution in [1.82, 2.24) is 4.98 Å². The standard InChI is InChI=1S/C12H17N3O4/c1-9-6-13-11(5-10(9)15(16)17)14-7-12(18-2)3-4-19-8-12/h5-6H,3-4,7-8H2,1-2H3,(H,13,14). The van der Waals surface area contributed by atoms with Crippen LogP contribution in [0.25, 0.3) is 0 Å². The monoisotopic (exact) mass is 267 g/mol. The van der Waals surface area contributed by atoms with E-state index in [4.69, 9.17) is 9.47 Å². The first-order chi connectivity index (χ1) is 9.06. The summed E-state index contributed by atoms with van der Waals surface area (Å²) >= 11 is 0. The lowest BCUT2D eigenvalue weighted by atomic mass is 10.0. The molecule has 104 valence electrons. The molecule has 1 saturated heterocycles. The van der Waals surface area contributed by atoms with Gasteiger partial charge in [-0.3, -0.25) is 10.1 Å². The van der Waals surface area contributed by atoms with Crippen LogP contribution in [0.4, 0.5) is 11.5 Å². The van der Waals surface area contributed by atoms with Crippen LogP contribution in [0.1, 0.15) is 12.0 Å². The molecule has 1 unspecified atom stereocenters. The van der Waals surface area contributed by atoms with Gasteiger partial charge in [-0.05, 0) is 6.92 Å². The largest absolute Gasteiger partial charge is 0.378 e. The van der Waals surface area contributed by atoms with E-state index in [-0.39, 0.29) is 11.3 Å². The van der Waals surface area contributed by atoms with Gasteiger partial charge >= 0.3 is 0 Å². The topological polar surface area (TPSA) is 86.5 Å². The van der Waals surface area contributed by atoms with E-state index in [1.54, 1.807) is 14.0 Å². The zero-order chi connectivity index (χ0) is 13.9. The molecular weight excluding hydrogens is 250 g/mol. The van der Waals surface area contributed by atoms with Crippen molar-refractivity contribution in [3.8, 4) is 0 Å². The van der Waals surface area contributed by atoms with E-state index in [1.165, 1.54) is 12.3 Å². The second-order valence-electron chi connectivity index (χ2n) is 4.66. The summed E-state index contributed by atoms with van der Waals surface area (Å²) in [4.78, 5) is 14.6. The van der Waals surface area contributed by atoms with Crippen LogP contribution in [0.5, 0.6) is 0 Å². The van der Waals surface area contributed by atoms with Crippen molar-refractivity contribution in [2.45, 2.75) is 18.9 Å². The number of nitrogens with one attached hydrogen (secondary N) is 1. The Morgan fingerprint density at radius 2 is 2.47 bits per heavy atom. The van der Waals surface area contributed by atoms with Crippen LogP contribution in [0.3, 0.4) is 0 Å². The molecule has 0 radical (unpaired) electrons. The highest BCUT2D eigenvalue weighted by Gasteiger charge is 2.34. The van der Waals surface area contributed by atoms with Gasteiger partial charge in [0.1, 0.15) is 11.4 Å². The summed E-state index contributed by atoms with van der Waals surface area (Å²) in [5, 5.41) is 13.9. The van der Waals surface area contributed by atoms with E-state index in [9.17, 15) is 10.1 Å². The van der Waals surface area contributed by atoms with Gasteiger partial charge in [0.2, 0.25) is 0 Å². The number of ether oxygens (including phenoxy) is 2. The maximum atomic E-state index is 10.9. The molecule has 0 aliphatic carbocycles. The predicted molar refractivity (Wildman–Crippen MR) is 69.3 cm³/mol. The van der Waals surface area contributed by atoms with E-state index in [0.29, 0.717) is 31.1 Å². The first-order valence-corrected chi connectivity index (χ1v) is 6.04. The van der Waals surface area contributed by atoms with Gasteiger partial charge in [-0.1, -0.05) is 0 Å². The van der Waals surface area contributed by atoms with E-state index in [0.717, 1.165) is 6.42 Å². The van der Waals surface area contributed by atoms with Crippen LogP contribution in [0.2, 0.25) is 0 Å². The van der Waals surface area contributed by atoms with Crippen molar-refractivity contribution in [2.24, 2.45) is 0 Å². The number of methoxy groups -OCH3 is 1. The average molecular weight is 267 g/mol. The van der Waals surface area contributed by atoms with Crippen LogP contribution in [0.15, 0.2) is 12.3 Å². The highest BCUT2D eigenvalue weighted by Crippen LogP contribution is 2.24. The highest BCUT2D eigenvalue weighted by atomic mass is 16.6. The molecule has 1 aromatic heterocycles. The van der Waals surface area contributed by atoms with Crippen molar-refractivity contribution in [3.63, 3.8) is 0 Å². The molecule has 7 nitrogen and oxygen atoms in total. The molecule has 2 rings (SSSR count). The van der Waals surface area contributed by atoms with Crippen molar-refractivity contribution in [2.75, 3.05) is 32.2 Å². The van der Waals surface area contributed by atoms with E-state index >= 15 is 0 Å². The van der Waals surface area contributed by atoms with Gasteiger partial charge in [-0.2, -0.15) is 0 Å². The minimum Gasteiger partial charge on any atom is -0.378 e. The van der Waals surface area contributed by atoms with Gasteiger partial charge < -0.3 is 14.8 Å². The lowest BCUT2D eigenvalue weighted by Crippen LogP contribution is -2.39. The van der Waals surface area contributed by atoms with Crippen molar-refractivity contribution >= 4 is 11.5 Å².